The Kier molecular flexibility index (Phi) is 9.78. The molecule has 0 spiro atoms. The van der Waals surface area contributed by atoms with Gasteiger partial charge in [0.25, 0.3) is 0 Å². The largest absolute Gasteiger partial charge is 0.309 e. The number of fused-ring (bicyclic) bond motifs is 4. The van der Waals surface area contributed by atoms with Crippen molar-refractivity contribution in [2.45, 2.75) is 26.2 Å². The summed E-state index contributed by atoms with van der Waals surface area (Å²) < 4.78 is 2.38. The van der Waals surface area contributed by atoms with E-state index in [4.69, 9.17) is 0 Å². The molecule has 11 aromatic rings. The number of anilines is 3. The average Bonchev–Trinajstić information content (AvgIpc) is 3.68. The van der Waals surface area contributed by atoms with Crippen molar-refractivity contribution in [3.05, 3.63) is 242 Å². The van der Waals surface area contributed by atoms with Crippen LogP contribution in [0.25, 0.3) is 82.8 Å². The van der Waals surface area contributed by atoms with Crippen molar-refractivity contribution in [2.24, 2.45) is 0 Å². The van der Waals surface area contributed by atoms with Crippen LogP contribution < -0.4 is 4.90 Å². The van der Waals surface area contributed by atoms with Crippen LogP contribution in [0.1, 0.15) is 26.3 Å². The lowest BCUT2D eigenvalue weighted by Crippen LogP contribution is -2.16. The van der Waals surface area contributed by atoms with E-state index in [0.717, 1.165) is 22.7 Å². The van der Waals surface area contributed by atoms with Crippen LogP contribution in [-0.2, 0) is 5.41 Å². The second kappa shape index (κ2) is 16.1. The second-order valence-electron chi connectivity index (χ2n) is 17.7. The molecule has 0 aliphatic heterocycles. The molecule has 0 N–H and O–H groups in total. The molecule has 0 amide bonds. The number of nitrogens with zero attached hydrogens (tertiary/aromatic N) is 2. The molecule has 0 fully saturated rings. The first-order valence-corrected chi connectivity index (χ1v) is 22.3. The van der Waals surface area contributed by atoms with Gasteiger partial charge in [-0.15, -0.1) is 0 Å². The Bertz CT molecular complexity index is 3440. The zero-order chi connectivity index (χ0) is 43.2. The first-order valence-electron chi connectivity index (χ1n) is 22.3. The third kappa shape index (κ3) is 6.94. The van der Waals surface area contributed by atoms with Crippen molar-refractivity contribution in [3.8, 4) is 50.2 Å². The Morgan fingerprint density at radius 2 is 0.938 bits per heavy atom. The Hall–Kier alpha value is -7.94. The third-order valence-corrected chi connectivity index (χ3v) is 12.8. The van der Waals surface area contributed by atoms with Crippen molar-refractivity contribution >= 4 is 49.6 Å². The van der Waals surface area contributed by atoms with Gasteiger partial charge in [-0.3, -0.25) is 0 Å². The predicted octanol–water partition coefficient (Wildman–Crippen LogP) is 17.4. The van der Waals surface area contributed by atoms with E-state index in [-0.39, 0.29) is 5.41 Å². The van der Waals surface area contributed by atoms with Crippen LogP contribution >= 0.6 is 0 Å². The van der Waals surface area contributed by atoms with Crippen LogP contribution in [-0.4, -0.2) is 4.57 Å². The van der Waals surface area contributed by atoms with Gasteiger partial charge in [-0.2, -0.15) is 0 Å². The van der Waals surface area contributed by atoms with Crippen LogP contribution in [0.5, 0.6) is 0 Å². The molecule has 10 aromatic carbocycles. The number of hydrogen-bond acceptors (Lipinski definition) is 1. The van der Waals surface area contributed by atoms with Crippen LogP contribution in [0, 0.1) is 0 Å². The second-order valence-corrected chi connectivity index (χ2v) is 17.7. The molecule has 1 heterocycles. The van der Waals surface area contributed by atoms with E-state index >= 15 is 0 Å². The van der Waals surface area contributed by atoms with Gasteiger partial charge in [-0.05, 0) is 110 Å². The van der Waals surface area contributed by atoms with Gasteiger partial charge >= 0.3 is 0 Å². The molecular weight excluding hydrogens is 773 g/mol. The Balaban J connectivity index is 1.12. The van der Waals surface area contributed by atoms with Crippen LogP contribution in [0.4, 0.5) is 17.1 Å². The fourth-order valence-electron chi connectivity index (χ4n) is 9.58. The molecular formula is C62H48N2. The highest BCUT2D eigenvalue weighted by atomic mass is 15.1. The number of rotatable bonds is 8. The van der Waals surface area contributed by atoms with Gasteiger partial charge in [0.2, 0.25) is 0 Å². The van der Waals surface area contributed by atoms with E-state index in [9.17, 15) is 0 Å². The highest BCUT2D eigenvalue weighted by Gasteiger charge is 2.25. The number of hydrogen-bond donors (Lipinski definition) is 0. The standard InChI is InChI=1S/C62H48N2/c1-62(2,3)48-36-39-51(44-19-7-4-8-20-44)60(42-48)64(57-31-15-13-27-53(57)55-30-18-24-46-23-17-29-52(61(46)55)45-21-9-5-10-22-45)50-37-33-43(34-38-50)47-35-40-59-56(41-47)54-28-14-16-32-58(54)63(59)49-25-11-6-12-26-49/h4-42H,1-3H3. The highest BCUT2D eigenvalue weighted by molar-refractivity contribution is 6.11. The van der Waals surface area contributed by atoms with Gasteiger partial charge in [0.15, 0.2) is 0 Å². The summed E-state index contributed by atoms with van der Waals surface area (Å²) in [6.07, 6.45) is 0. The van der Waals surface area contributed by atoms with Gasteiger partial charge in [0.05, 0.1) is 22.4 Å². The first-order chi connectivity index (χ1) is 31.4. The number of para-hydroxylation sites is 3. The van der Waals surface area contributed by atoms with Gasteiger partial charge in [-0.25, -0.2) is 0 Å². The van der Waals surface area contributed by atoms with E-state index in [2.05, 4.69) is 267 Å². The van der Waals surface area contributed by atoms with Crippen molar-refractivity contribution < 1.29 is 0 Å². The summed E-state index contributed by atoms with van der Waals surface area (Å²) >= 11 is 0. The predicted molar refractivity (Wildman–Crippen MR) is 273 cm³/mol. The Labute approximate surface area is 376 Å². The third-order valence-electron chi connectivity index (χ3n) is 12.8. The summed E-state index contributed by atoms with van der Waals surface area (Å²) in [5.41, 5.74) is 17.6. The number of aromatic nitrogens is 1. The van der Waals surface area contributed by atoms with E-state index in [1.807, 2.05) is 0 Å². The van der Waals surface area contributed by atoms with Crippen molar-refractivity contribution in [1.82, 2.24) is 4.57 Å². The summed E-state index contributed by atoms with van der Waals surface area (Å²) in [5.74, 6) is 0. The molecule has 1 aromatic heterocycles. The van der Waals surface area contributed by atoms with Gasteiger partial charge < -0.3 is 9.47 Å². The van der Waals surface area contributed by atoms with Crippen molar-refractivity contribution in [3.63, 3.8) is 0 Å². The molecule has 0 saturated carbocycles. The van der Waals surface area contributed by atoms with Gasteiger partial charge in [-0.1, -0.05) is 203 Å². The van der Waals surface area contributed by atoms with Gasteiger partial charge in [0.1, 0.15) is 0 Å². The summed E-state index contributed by atoms with van der Waals surface area (Å²) in [5, 5.41) is 4.95. The fraction of sp³-hybridized carbons (Fsp3) is 0.0645. The quantitative estimate of drug-likeness (QED) is 0.148. The minimum atomic E-state index is -0.0679. The normalized spacial score (nSPS) is 11.7. The molecule has 2 heteroatoms. The highest BCUT2D eigenvalue weighted by Crippen LogP contribution is 2.48. The average molecular weight is 821 g/mol. The summed E-state index contributed by atoms with van der Waals surface area (Å²) in [7, 11) is 0. The minimum absolute atomic E-state index is 0.0679. The van der Waals surface area contributed by atoms with Crippen LogP contribution in [0.3, 0.4) is 0 Å². The fourth-order valence-corrected chi connectivity index (χ4v) is 9.58. The lowest BCUT2D eigenvalue weighted by Gasteiger charge is -2.32. The molecule has 0 atom stereocenters. The lowest BCUT2D eigenvalue weighted by atomic mass is 9.85. The van der Waals surface area contributed by atoms with Gasteiger partial charge in [0, 0.05) is 33.3 Å². The lowest BCUT2D eigenvalue weighted by molar-refractivity contribution is 0.590. The molecule has 0 aliphatic carbocycles. The molecule has 0 unspecified atom stereocenters. The van der Waals surface area contributed by atoms with E-state index < -0.39 is 0 Å². The maximum Gasteiger partial charge on any atom is 0.0543 e. The SMILES string of the molecule is CC(C)(C)c1ccc(-c2ccccc2)c(N(c2ccc(-c3ccc4c(c3)c3ccccc3n4-c3ccccc3)cc2)c2ccccc2-c2cccc3cccc(-c4ccccc4)c23)c1. The maximum absolute atomic E-state index is 2.50. The zero-order valence-corrected chi connectivity index (χ0v) is 36.4. The molecule has 2 nitrogen and oxygen atoms in total. The summed E-state index contributed by atoms with van der Waals surface area (Å²) in [4.78, 5) is 2.50. The smallest absolute Gasteiger partial charge is 0.0543 e. The zero-order valence-electron chi connectivity index (χ0n) is 36.4. The molecule has 11 rings (SSSR count). The molecule has 306 valence electrons. The maximum atomic E-state index is 2.50. The minimum Gasteiger partial charge on any atom is -0.309 e. The Morgan fingerprint density at radius 1 is 0.359 bits per heavy atom. The topological polar surface area (TPSA) is 8.17 Å². The van der Waals surface area contributed by atoms with E-state index in [0.29, 0.717) is 0 Å². The Morgan fingerprint density at radius 3 is 1.66 bits per heavy atom. The first kappa shape index (κ1) is 38.9. The molecule has 0 aliphatic rings. The van der Waals surface area contributed by atoms with Crippen LogP contribution in [0.15, 0.2) is 237 Å². The van der Waals surface area contributed by atoms with Crippen LogP contribution in [0.2, 0.25) is 0 Å². The summed E-state index contributed by atoms with van der Waals surface area (Å²) in [6.45, 7) is 6.91. The summed E-state index contributed by atoms with van der Waals surface area (Å²) in [6, 6.07) is 86.6. The molecule has 0 saturated heterocycles. The van der Waals surface area contributed by atoms with E-state index in [1.165, 1.54) is 82.6 Å². The number of benzene rings is 10. The monoisotopic (exact) mass is 820 g/mol. The molecule has 0 radical (unpaired) electrons. The van der Waals surface area contributed by atoms with Crippen molar-refractivity contribution in [1.29, 1.82) is 0 Å². The van der Waals surface area contributed by atoms with E-state index in [1.54, 1.807) is 0 Å². The van der Waals surface area contributed by atoms with Crippen molar-refractivity contribution in [2.75, 3.05) is 4.90 Å². The molecule has 0 bridgehead atoms. The molecule has 64 heavy (non-hydrogen) atoms.